The highest BCUT2D eigenvalue weighted by molar-refractivity contribution is 6.30. The highest BCUT2D eigenvalue weighted by Crippen LogP contribution is 2.17. The van der Waals surface area contributed by atoms with Crippen LogP contribution in [0.1, 0.15) is 10.4 Å². The van der Waals surface area contributed by atoms with Gasteiger partial charge in [-0.25, -0.2) is 4.39 Å². The highest BCUT2D eigenvalue weighted by atomic mass is 35.5. The van der Waals surface area contributed by atoms with Gasteiger partial charge in [0.05, 0.1) is 12.2 Å². The van der Waals surface area contributed by atoms with E-state index in [4.69, 9.17) is 22.1 Å². The number of amides is 2. The zero-order valence-electron chi connectivity index (χ0n) is 13.2. The summed E-state index contributed by atoms with van der Waals surface area (Å²) in [4.78, 5) is 27.5. The van der Waals surface area contributed by atoms with Gasteiger partial charge in [-0.3, -0.25) is 9.59 Å². The zero-order valence-corrected chi connectivity index (χ0v) is 14.8. The van der Waals surface area contributed by atoms with Crippen molar-refractivity contribution < 1.29 is 18.7 Å². The van der Waals surface area contributed by atoms with Gasteiger partial charge in [0.2, 0.25) is 5.91 Å². The lowest BCUT2D eigenvalue weighted by Gasteiger charge is -2.35. The Labute approximate surface area is 151 Å². The van der Waals surface area contributed by atoms with Crippen LogP contribution in [0.15, 0.2) is 18.2 Å². The van der Waals surface area contributed by atoms with Crippen molar-refractivity contribution in [3.63, 3.8) is 0 Å². The SMILES string of the molecule is COCC(N)C(=O)N1CCN(C(=O)c2ccc(Cl)cc2F)CC1.Cl. The first-order chi connectivity index (χ1) is 10.9. The van der Waals surface area contributed by atoms with Gasteiger partial charge in [-0.1, -0.05) is 11.6 Å². The lowest BCUT2D eigenvalue weighted by molar-refractivity contribution is -0.135. The molecule has 1 aliphatic heterocycles. The molecule has 0 aromatic heterocycles. The molecule has 1 aromatic carbocycles. The van der Waals surface area contributed by atoms with E-state index >= 15 is 0 Å². The summed E-state index contributed by atoms with van der Waals surface area (Å²) in [5.74, 6) is -1.27. The summed E-state index contributed by atoms with van der Waals surface area (Å²) in [5, 5.41) is 0.238. The molecular formula is C15H20Cl2FN3O3. The fourth-order valence-electron chi connectivity index (χ4n) is 2.45. The molecule has 0 radical (unpaired) electrons. The largest absolute Gasteiger partial charge is 0.383 e. The van der Waals surface area contributed by atoms with Crippen LogP contribution in [0.4, 0.5) is 4.39 Å². The Kier molecular flexibility index (Phi) is 7.89. The quantitative estimate of drug-likeness (QED) is 0.851. The van der Waals surface area contributed by atoms with E-state index < -0.39 is 17.8 Å². The topological polar surface area (TPSA) is 75.9 Å². The molecule has 1 fully saturated rings. The molecule has 2 amide bonds. The van der Waals surface area contributed by atoms with E-state index in [1.807, 2.05) is 0 Å². The fraction of sp³-hybridized carbons (Fsp3) is 0.467. The molecule has 0 bridgehead atoms. The third-order valence-corrected chi connectivity index (χ3v) is 3.94. The number of halogens is 3. The lowest BCUT2D eigenvalue weighted by atomic mass is 10.1. The van der Waals surface area contributed by atoms with Crippen LogP contribution >= 0.6 is 24.0 Å². The molecule has 24 heavy (non-hydrogen) atoms. The Morgan fingerprint density at radius 2 is 1.88 bits per heavy atom. The Bertz CT molecular complexity index is 595. The molecule has 0 saturated carbocycles. The second-order valence-corrected chi connectivity index (χ2v) is 5.74. The smallest absolute Gasteiger partial charge is 0.256 e. The Morgan fingerprint density at radius 1 is 1.29 bits per heavy atom. The van der Waals surface area contributed by atoms with Crippen molar-refractivity contribution in [3.8, 4) is 0 Å². The molecule has 1 unspecified atom stereocenters. The molecule has 9 heteroatoms. The predicted molar refractivity (Wildman–Crippen MR) is 91.0 cm³/mol. The fourth-order valence-corrected chi connectivity index (χ4v) is 2.61. The summed E-state index contributed by atoms with van der Waals surface area (Å²) in [6, 6.07) is 3.24. The first-order valence-corrected chi connectivity index (χ1v) is 7.59. The van der Waals surface area contributed by atoms with Gasteiger partial charge in [0, 0.05) is 38.3 Å². The normalized spacial score (nSPS) is 15.7. The molecule has 1 saturated heterocycles. The summed E-state index contributed by atoms with van der Waals surface area (Å²) < 4.78 is 18.7. The number of hydrogen-bond acceptors (Lipinski definition) is 4. The van der Waals surface area contributed by atoms with Crippen LogP contribution in [0.25, 0.3) is 0 Å². The maximum atomic E-state index is 13.8. The number of hydrogen-bond donors (Lipinski definition) is 1. The maximum Gasteiger partial charge on any atom is 0.256 e. The Morgan fingerprint density at radius 3 is 2.42 bits per heavy atom. The van der Waals surface area contributed by atoms with Crippen LogP contribution < -0.4 is 5.73 Å². The van der Waals surface area contributed by atoms with Crippen molar-refractivity contribution in [1.29, 1.82) is 0 Å². The molecule has 134 valence electrons. The van der Waals surface area contributed by atoms with Crippen molar-refractivity contribution >= 4 is 35.8 Å². The minimum atomic E-state index is -0.712. The van der Waals surface area contributed by atoms with E-state index in [-0.39, 0.29) is 35.5 Å². The summed E-state index contributed by atoms with van der Waals surface area (Å²) in [6.07, 6.45) is 0. The summed E-state index contributed by atoms with van der Waals surface area (Å²) in [5.41, 5.74) is 5.70. The first kappa shape index (κ1) is 20.6. The van der Waals surface area contributed by atoms with Gasteiger partial charge >= 0.3 is 0 Å². The number of carbonyl (C=O) groups excluding carboxylic acids is 2. The second-order valence-electron chi connectivity index (χ2n) is 5.30. The van der Waals surface area contributed by atoms with Crippen molar-refractivity contribution in [2.24, 2.45) is 5.73 Å². The Balaban J connectivity index is 0.00000288. The van der Waals surface area contributed by atoms with Crippen LogP contribution in [-0.4, -0.2) is 67.6 Å². The number of carbonyl (C=O) groups is 2. The van der Waals surface area contributed by atoms with E-state index in [1.54, 1.807) is 4.90 Å². The summed E-state index contributed by atoms with van der Waals surface area (Å²) in [6.45, 7) is 1.51. The van der Waals surface area contributed by atoms with Gasteiger partial charge < -0.3 is 20.3 Å². The van der Waals surface area contributed by atoms with Gasteiger partial charge in [-0.2, -0.15) is 0 Å². The minimum absolute atomic E-state index is 0. The Hall–Kier alpha value is -1.41. The zero-order chi connectivity index (χ0) is 17.0. The number of nitrogens with zero attached hydrogens (tertiary/aromatic N) is 2. The number of piperazine rings is 1. The maximum absolute atomic E-state index is 13.8. The number of benzene rings is 1. The number of methoxy groups -OCH3 is 1. The molecule has 2 N–H and O–H groups in total. The third-order valence-electron chi connectivity index (χ3n) is 3.70. The van der Waals surface area contributed by atoms with Crippen LogP contribution in [0, 0.1) is 5.82 Å². The van der Waals surface area contributed by atoms with Crippen LogP contribution in [0.3, 0.4) is 0 Å². The van der Waals surface area contributed by atoms with E-state index in [2.05, 4.69) is 0 Å². The van der Waals surface area contributed by atoms with Crippen LogP contribution in [-0.2, 0) is 9.53 Å². The predicted octanol–water partition coefficient (Wildman–Crippen LogP) is 1.16. The molecule has 1 heterocycles. The highest BCUT2D eigenvalue weighted by Gasteiger charge is 2.28. The monoisotopic (exact) mass is 379 g/mol. The molecule has 0 spiro atoms. The standard InChI is InChI=1S/C15H19ClFN3O3.ClH/c1-23-9-13(18)15(22)20-6-4-19(5-7-20)14(21)11-3-2-10(16)8-12(11)17;/h2-3,8,13H,4-7,9,18H2,1H3;1H. The van der Waals surface area contributed by atoms with Crippen molar-refractivity contribution in [2.45, 2.75) is 6.04 Å². The van der Waals surface area contributed by atoms with Crippen molar-refractivity contribution in [3.05, 3.63) is 34.6 Å². The first-order valence-electron chi connectivity index (χ1n) is 7.21. The lowest BCUT2D eigenvalue weighted by Crippen LogP contribution is -2.55. The van der Waals surface area contributed by atoms with Gasteiger partial charge in [-0.15, -0.1) is 12.4 Å². The molecule has 1 aliphatic rings. The minimum Gasteiger partial charge on any atom is -0.383 e. The molecule has 0 aliphatic carbocycles. The van der Waals surface area contributed by atoms with E-state index in [1.165, 1.54) is 24.1 Å². The second kappa shape index (κ2) is 9.17. The van der Waals surface area contributed by atoms with Gasteiger partial charge in [0.15, 0.2) is 0 Å². The molecule has 6 nitrogen and oxygen atoms in total. The van der Waals surface area contributed by atoms with E-state index in [9.17, 15) is 14.0 Å². The van der Waals surface area contributed by atoms with Gasteiger partial charge in [-0.05, 0) is 18.2 Å². The van der Waals surface area contributed by atoms with Crippen molar-refractivity contribution in [2.75, 3.05) is 39.9 Å². The number of rotatable bonds is 4. The third kappa shape index (κ3) is 4.80. The van der Waals surface area contributed by atoms with Crippen molar-refractivity contribution in [1.82, 2.24) is 9.80 Å². The average Bonchev–Trinajstić information content (AvgIpc) is 2.54. The van der Waals surface area contributed by atoms with E-state index in [0.29, 0.717) is 26.2 Å². The van der Waals surface area contributed by atoms with E-state index in [0.717, 1.165) is 6.07 Å². The number of nitrogens with two attached hydrogens (primary N) is 1. The molecule has 2 rings (SSSR count). The molecule has 1 aromatic rings. The summed E-state index contributed by atoms with van der Waals surface area (Å²) >= 11 is 5.69. The molecular weight excluding hydrogens is 360 g/mol. The van der Waals surface area contributed by atoms with Gasteiger partial charge in [0.1, 0.15) is 11.9 Å². The van der Waals surface area contributed by atoms with Crippen LogP contribution in [0.5, 0.6) is 0 Å². The molecule has 1 atom stereocenters. The average molecular weight is 380 g/mol. The van der Waals surface area contributed by atoms with Crippen LogP contribution in [0.2, 0.25) is 5.02 Å². The number of ether oxygens (including phenoxy) is 1. The summed E-state index contributed by atoms with van der Waals surface area (Å²) in [7, 11) is 1.48. The van der Waals surface area contributed by atoms with Gasteiger partial charge in [0.25, 0.3) is 5.91 Å².